The first-order valence-corrected chi connectivity index (χ1v) is 24.3. The van der Waals surface area contributed by atoms with Crippen LogP contribution in [-0.2, 0) is 20.7 Å². The van der Waals surface area contributed by atoms with Crippen LogP contribution in [0.1, 0.15) is 43.6 Å². The minimum absolute atomic E-state index is 0.104. The molecule has 2 heterocycles. The molecule has 1 saturated heterocycles. The number of ether oxygens (including phenoxy) is 1. The summed E-state index contributed by atoms with van der Waals surface area (Å²) >= 11 is 1.57. The van der Waals surface area contributed by atoms with Gasteiger partial charge in [-0.1, -0.05) is 97.1 Å². The van der Waals surface area contributed by atoms with Crippen molar-refractivity contribution in [1.29, 1.82) is 0 Å². The van der Waals surface area contributed by atoms with Crippen LogP contribution in [0.15, 0.2) is 170 Å². The molecule has 7 aromatic carbocycles. The van der Waals surface area contributed by atoms with Crippen LogP contribution in [0.25, 0.3) is 31.6 Å². The monoisotopic (exact) mass is 882 g/mol. The van der Waals surface area contributed by atoms with Gasteiger partial charge in [0.25, 0.3) is 5.91 Å². The van der Waals surface area contributed by atoms with Gasteiger partial charge in [-0.3, -0.25) is 9.69 Å². The Morgan fingerprint density at radius 1 is 0.703 bits per heavy atom. The number of hydrogen-bond acceptors (Lipinski definition) is 7. The van der Waals surface area contributed by atoms with Gasteiger partial charge < -0.3 is 19.4 Å². The fourth-order valence-corrected chi connectivity index (χ4v) is 13.3. The minimum atomic E-state index is -2.08. The molecular formula is C53H50BN3O5PS+. The van der Waals surface area contributed by atoms with Crippen molar-refractivity contribution < 1.29 is 23.6 Å². The van der Waals surface area contributed by atoms with E-state index in [1.54, 1.807) is 18.4 Å². The Kier molecular flexibility index (Phi) is 12.0. The summed E-state index contributed by atoms with van der Waals surface area (Å²) in [7, 11) is -0.811. The van der Waals surface area contributed by atoms with E-state index in [1.807, 2.05) is 100 Å². The second kappa shape index (κ2) is 17.8. The van der Waals surface area contributed by atoms with Crippen molar-refractivity contribution in [2.75, 3.05) is 24.7 Å². The van der Waals surface area contributed by atoms with E-state index in [9.17, 15) is 9.59 Å². The number of fused-ring (bicyclic) bond motifs is 2. The number of benzene rings is 7. The van der Waals surface area contributed by atoms with E-state index in [0.717, 1.165) is 54.4 Å². The molecule has 0 spiro atoms. The zero-order valence-electron chi connectivity index (χ0n) is 36.7. The van der Waals surface area contributed by atoms with Crippen LogP contribution in [0.2, 0.25) is 0 Å². The fraction of sp³-hybridized carbons (Fsp3) is 0.189. The van der Waals surface area contributed by atoms with E-state index in [-0.39, 0.29) is 12.5 Å². The lowest BCUT2D eigenvalue weighted by atomic mass is 9.79. The van der Waals surface area contributed by atoms with Gasteiger partial charge in [-0.15, -0.1) is 11.3 Å². The van der Waals surface area contributed by atoms with Gasteiger partial charge in [-0.05, 0) is 122 Å². The zero-order chi connectivity index (χ0) is 44.5. The van der Waals surface area contributed by atoms with Gasteiger partial charge >= 0.3 is 13.2 Å². The van der Waals surface area contributed by atoms with E-state index in [4.69, 9.17) is 19.0 Å². The van der Waals surface area contributed by atoms with Crippen molar-refractivity contribution in [3.63, 3.8) is 0 Å². The smallest absolute Gasteiger partial charge is 0.444 e. The highest BCUT2D eigenvalue weighted by molar-refractivity contribution is 7.95. The molecule has 0 radical (unpaired) electrons. The van der Waals surface area contributed by atoms with Crippen molar-refractivity contribution in [1.82, 2.24) is 10.3 Å². The average Bonchev–Trinajstić information content (AvgIpc) is 3.85. The lowest BCUT2D eigenvalue weighted by molar-refractivity contribution is 0.00578. The molecule has 8 aromatic rings. The molecule has 0 bridgehead atoms. The number of carbonyl (C=O) groups is 2. The number of anilines is 1. The quantitative estimate of drug-likeness (QED) is 0.0972. The maximum Gasteiger partial charge on any atom is 0.494 e. The van der Waals surface area contributed by atoms with E-state index in [1.165, 1.54) is 20.8 Å². The second-order valence-electron chi connectivity index (χ2n) is 17.2. The number of nitrogens with one attached hydrogen (secondary N) is 1. The van der Waals surface area contributed by atoms with Gasteiger partial charge in [0.05, 0.1) is 34.1 Å². The van der Waals surface area contributed by atoms with Gasteiger partial charge in [0.15, 0.2) is 0 Å². The van der Waals surface area contributed by atoms with Crippen LogP contribution in [0, 0.1) is 0 Å². The lowest BCUT2D eigenvalue weighted by Crippen LogP contribution is -2.41. The summed E-state index contributed by atoms with van der Waals surface area (Å²) in [5.41, 5.74) is 4.10. The Morgan fingerprint density at radius 3 is 1.89 bits per heavy atom. The molecule has 320 valence electrons. The Bertz CT molecular complexity index is 2830. The molecule has 1 fully saturated rings. The normalized spacial score (nSPS) is 14.4. The average molecular weight is 883 g/mol. The number of thiazole rings is 1. The predicted molar refractivity (Wildman–Crippen MR) is 266 cm³/mol. The van der Waals surface area contributed by atoms with E-state index in [0.29, 0.717) is 12.1 Å². The Morgan fingerprint density at radius 2 is 1.28 bits per heavy atom. The first kappa shape index (κ1) is 43.1. The Hall–Kier alpha value is -6.16. The molecule has 8 nitrogen and oxygen atoms in total. The maximum atomic E-state index is 13.8. The number of amides is 2. The third kappa shape index (κ3) is 8.59. The summed E-state index contributed by atoms with van der Waals surface area (Å²) in [6.07, 6.45) is 0.337. The van der Waals surface area contributed by atoms with Crippen molar-refractivity contribution in [3.05, 3.63) is 181 Å². The van der Waals surface area contributed by atoms with Crippen molar-refractivity contribution in [2.45, 2.75) is 45.5 Å². The summed E-state index contributed by atoms with van der Waals surface area (Å²) in [5.74, 6) is -0.104. The largest absolute Gasteiger partial charge is 0.494 e. The Labute approximate surface area is 379 Å². The zero-order valence-corrected chi connectivity index (χ0v) is 38.4. The van der Waals surface area contributed by atoms with Crippen LogP contribution < -0.4 is 31.6 Å². The second-order valence-corrected chi connectivity index (χ2v) is 21.8. The Balaban J connectivity index is 0.847. The minimum Gasteiger partial charge on any atom is -0.444 e. The lowest BCUT2D eigenvalue weighted by Gasteiger charge is -2.32. The highest BCUT2D eigenvalue weighted by atomic mass is 32.1. The molecular weight excluding hydrogens is 832 g/mol. The molecule has 0 saturated carbocycles. The van der Waals surface area contributed by atoms with Crippen molar-refractivity contribution in [2.24, 2.45) is 0 Å². The van der Waals surface area contributed by atoms with Crippen LogP contribution in [0.4, 0.5) is 10.5 Å². The SMILES string of the molecule is CN(C(=O)OCc1ccc(B2OC(C)(C)C(C)(C)O2)cc1)c1ccc2cc(-c3nc4ccc(C(=O)NCC[P+](c5ccccc5)(c5ccccc5)c5ccccc5)cc4s3)ccc2c1. The van der Waals surface area contributed by atoms with Crippen molar-refractivity contribution >= 4 is 85.8 Å². The molecule has 0 unspecified atom stereocenters. The number of aromatic nitrogens is 1. The van der Waals surface area contributed by atoms with Gasteiger partial charge in [-0.25, -0.2) is 9.78 Å². The van der Waals surface area contributed by atoms with Crippen LogP contribution in [0.5, 0.6) is 0 Å². The third-order valence-electron chi connectivity index (χ3n) is 12.6. The maximum absolute atomic E-state index is 13.8. The first-order valence-electron chi connectivity index (χ1n) is 21.5. The molecule has 1 aliphatic rings. The molecule has 9 rings (SSSR count). The molecule has 0 aliphatic carbocycles. The summed E-state index contributed by atoms with van der Waals surface area (Å²) < 4.78 is 19.0. The summed E-state index contributed by atoms with van der Waals surface area (Å²) in [6.45, 7) is 8.79. The highest BCUT2D eigenvalue weighted by Crippen LogP contribution is 2.54. The summed E-state index contributed by atoms with van der Waals surface area (Å²) in [4.78, 5) is 33.4. The molecule has 1 N–H and O–H groups in total. The number of rotatable bonds is 12. The molecule has 1 aromatic heterocycles. The summed E-state index contributed by atoms with van der Waals surface area (Å²) in [5, 5.41) is 10.0. The van der Waals surface area contributed by atoms with Crippen LogP contribution in [0.3, 0.4) is 0 Å². The highest BCUT2D eigenvalue weighted by Gasteiger charge is 2.51. The first-order chi connectivity index (χ1) is 30.9. The fourth-order valence-electron chi connectivity index (χ4n) is 8.18. The molecule has 1 aliphatic heterocycles. The standard InChI is InChI=1S/C53H49BN3O5PS/c1-52(2)53(3,4)62-54(61-52)42-27-21-37(22-28-42)36-60-51(59)57(5)43-29-25-38-33-41(24-23-39(38)34-43)50-56-47-30-26-40(35-48(47)64-50)49(58)55-31-32-63(44-15-9-6-10-16-44,45-17-11-7-12-18-45)46-19-13-8-14-20-46/h6-30,33-35H,31-32,36H2,1-5H3/p+1. The molecule has 64 heavy (non-hydrogen) atoms. The topological polar surface area (TPSA) is 90.0 Å². The summed E-state index contributed by atoms with van der Waals surface area (Å²) in [6, 6.07) is 57.8. The van der Waals surface area contributed by atoms with Crippen LogP contribution >= 0.6 is 18.6 Å². The van der Waals surface area contributed by atoms with E-state index >= 15 is 0 Å². The molecule has 0 atom stereocenters. The van der Waals surface area contributed by atoms with Gasteiger partial charge in [0.1, 0.15) is 34.8 Å². The molecule has 2 amide bonds. The number of carbonyl (C=O) groups excluding carboxylic acids is 2. The number of nitrogens with zero attached hydrogens (tertiary/aromatic N) is 2. The van der Waals surface area contributed by atoms with Gasteiger partial charge in [-0.2, -0.15) is 0 Å². The predicted octanol–water partition coefficient (Wildman–Crippen LogP) is 9.91. The van der Waals surface area contributed by atoms with E-state index in [2.05, 4.69) is 102 Å². The van der Waals surface area contributed by atoms with Gasteiger partial charge in [0, 0.05) is 23.9 Å². The third-order valence-corrected chi connectivity index (χ3v) is 18.1. The molecule has 11 heteroatoms. The number of hydrogen-bond donors (Lipinski definition) is 1. The van der Waals surface area contributed by atoms with Gasteiger partial charge in [0.2, 0.25) is 0 Å². The van der Waals surface area contributed by atoms with E-state index < -0.39 is 31.7 Å². The van der Waals surface area contributed by atoms with Crippen LogP contribution in [-0.4, -0.2) is 55.1 Å². The van der Waals surface area contributed by atoms with Crippen molar-refractivity contribution in [3.8, 4) is 10.6 Å².